The van der Waals surface area contributed by atoms with Crippen LogP contribution in [0.5, 0.6) is 0 Å². The maximum Gasteiger partial charge on any atom is 0.416 e. The van der Waals surface area contributed by atoms with Crippen LogP contribution in [0.25, 0.3) is 0 Å². The van der Waals surface area contributed by atoms with Gasteiger partial charge >= 0.3 is 6.18 Å². The first-order valence-electron chi connectivity index (χ1n) is 8.31. The quantitative estimate of drug-likeness (QED) is 0.773. The SMILES string of the molecule is FC(F)(F)c1ccc(Cl)c(NC2CCN(Cc3ccccc3)CC2)c1. The minimum absolute atomic E-state index is 0.132. The summed E-state index contributed by atoms with van der Waals surface area (Å²) in [5.41, 5.74) is 0.953. The zero-order valence-corrected chi connectivity index (χ0v) is 14.4. The number of hydrogen-bond acceptors (Lipinski definition) is 2. The van der Waals surface area contributed by atoms with E-state index in [1.54, 1.807) is 0 Å². The molecule has 1 fully saturated rings. The molecular formula is C19H20ClF3N2. The molecule has 1 aliphatic heterocycles. The zero-order chi connectivity index (χ0) is 17.9. The Hall–Kier alpha value is -1.72. The first-order valence-corrected chi connectivity index (χ1v) is 8.69. The second-order valence-electron chi connectivity index (χ2n) is 6.37. The largest absolute Gasteiger partial charge is 0.416 e. The van der Waals surface area contributed by atoms with Gasteiger partial charge in [0.25, 0.3) is 0 Å². The summed E-state index contributed by atoms with van der Waals surface area (Å²) in [5.74, 6) is 0. The molecule has 0 amide bonds. The lowest BCUT2D eigenvalue weighted by Gasteiger charge is -2.33. The summed E-state index contributed by atoms with van der Waals surface area (Å²) in [6.45, 7) is 2.71. The lowest BCUT2D eigenvalue weighted by molar-refractivity contribution is -0.137. The average molecular weight is 369 g/mol. The van der Waals surface area contributed by atoms with Crippen LogP contribution < -0.4 is 5.32 Å². The third-order valence-electron chi connectivity index (χ3n) is 4.49. The van der Waals surface area contributed by atoms with Crippen LogP contribution in [0.3, 0.4) is 0 Å². The number of piperidine rings is 1. The van der Waals surface area contributed by atoms with E-state index in [1.807, 2.05) is 18.2 Å². The number of anilines is 1. The topological polar surface area (TPSA) is 15.3 Å². The van der Waals surface area contributed by atoms with Crippen LogP contribution in [0.2, 0.25) is 5.02 Å². The van der Waals surface area contributed by atoms with Gasteiger partial charge in [-0.25, -0.2) is 0 Å². The fraction of sp³-hybridized carbons (Fsp3) is 0.368. The van der Waals surface area contributed by atoms with Gasteiger partial charge in [-0.15, -0.1) is 0 Å². The molecule has 3 rings (SSSR count). The highest BCUT2D eigenvalue weighted by atomic mass is 35.5. The van der Waals surface area contributed by atoms with Crippen molar-refractivity contribution >= 4 is 17.3 Å². The van der Waals surface area contributed by atoms with Crippen molar-refractivity contribution in [2.45, 2.75) is 31.6 Å². The minimum Gasteiger partial charge on any atom is -0.381 e. The standard InChI is InChI=1S/C19H20ClF3N2/c20-17-7-6-15(19(21,22)23)12-18(17)24-16-8-10-25(11-9-16)13-14-4-2-1-3-5-14/h1-7,12,16,24H,8-11,13H2. The molecule has 0 radical (unpaired) electrons. The number of alkyl halides is 3. The lowest BCUT2D eigenvalue weighted by atomic mass is 10.0. The highest BCUT2D eigenvalue weighted by Crippen LogP contribution is 2.34. The summed E-state index contributed by atoms with van der Waals surface area (Å²) >= 11 is 6.06. The Balaban J connectivity index is 1.57. The summed E-state index contributed by atoms with van der Waals surface area (Å²) in [6, 6.07) is 13.8. The molecule has 0 atom stereocenters. The number of nitrogens with one attached hydrogen (secondary N) is 1. The van der Waals surface area contributed by atoms with Gasteiger partial charge in [-0.05, 0) is 36.6 Å². The molecule has 0 unspecified atom stereocenters. The summed E-state index contributed by atoms with van der Waals surface area (Å²) < 4.78 is 38.6. The van der Waals surface area contributed by atoms with Crippen LogP contribution in [0.1, 0.15) is 24.0 Å². The number of likely N-dealkylation sites (tertiary alicyclic amines) is 1. The first kappa shape index (κ1) is 18.1. The van der Waals surface area contributed by atoms with E-state index in [4.69, 9.17) is 11.6 Å². The van der Waals surface area contributed by atoms with E-state index in [2.05, 4.69) is 22.3 Å². The molecule has 134 valence electrons. The molecule has 0 spiro atoms. The minimum atomic E-state index is -4.36. The smallest absolute Gasteiger partial charge is 0.381 e. The predicted octanol–water partition coefficient (Wildman–Crippen LogP) is 5.44. The molecule has 1 N–H and O–H groups in total. The van der Waals surface area contributed by atoms with Crippen molar-refractivity contribution in [1.29, 1.82) is 0 Å². The van der Waals surface area contributed by atoms with Crippen LogP contribution in [-0.2, 0) is 12.7 Å². The van der Waals surface area contributed by atoms with E-state index in [0.29, 0.717) is 10.7 Å². The molecule has 6 heteroatoms. The van der Waals surface area contributed by atoms with E-state index >= 15 is 0 Å². The van der Waals surface area contributed by atoms with Gasteiger partial charge in [0.05, 0.1) is 16.3 Å². The molecule has 1 heterocycles. The number of nitrogens with zero attached hydrogens (tertiary/aromatic N) is 1. The zero-order valence-electron chi connectivity index (χ0n) is 13.7. The van der Waals surface area contributed by atoms with Crippen molar-refractivity contribution in [3.05, 3.63) is 64.7 Å². The van der Waals surface area contributed by atoms with Crippen molar-refractivity contribution < 1.29 is 13.2 Å². The van der Waals surface area contributed by atoms with Crippen molar-refractivity contribution in [2.24, 2.45) is 0 Å². The molecule has 0 aliphatic carbocycles. The van der Waals surface area contributed by atoms with Crippen molar-refractivity contribution in [2.75, 3.05) is 18.4 Å². The van der Waals surface area contributed by atoms with Gasteiger partial charge in [-0.2, -0.15) is 13.2 Å². The Bertz CT molecular complexity index is 696. The maximum absolute atomic E-state index is 12.9. The van der Waals surface area contributed by atoms with Crippen molar-refractivity contribution in [1.82, 2.24) is 4.90 Å². The molecular weight excluding hydrogens is 349 g/mol. The van der Waals surface area contributed by atoms with Gasteiger partial charge in [-0.3, -0.25) is 4.90 Å². The van der Waals surface area contributed by atoms with Crippen LogP contribution in [0.15, 0.2) is 48.5 Å². The molecule has 0 aromatic heterocycles. The summed E-state index contributed by atoms with van der Waals surface area (Å²) in [7, 11) is 0. The Morgan fingerprint density at radius 2 is 1.72 bits per heavy atom. The monoisotopic (exact) mass is 368 g/mol. The second kappa shape index (κ2) is 7.67. The van der Waals surface area contributed by atoms with Crippen LogP contribution >= 0.6 is 11.6 Å². The third kappa shape index (κ3) is 4.89. The Morgan fingerprint density at radius 3 is 2.36 bits per heavy atom. The van der Waals surface area contributed by atoms with E-state index in [-0.39, 0.29) is 6.04 Å². The maximum atomic E-state index is 12.9. The Morgan fingerprint density at radius 1 is 1.04 bits per heavy atom. The van der Waals surface area contributed by atoms with Gasteiger partial charge < -0.3 is 5.32 Å². The number of halogens is 4. The highest BCUT2D eigenvalue weighted by Gasteiger charge is 2.31. The van der Waals surface area contributed by atoms with E-state index < -0.39 is 11.7 Å². The van der Waals surface area contributed by atoms with E-state index in [1.165, 1.54) is 11.6 Å². The number of hydrogen-bond donors (Lipinski definition) is 1. The molecule has 0 saturated carbocycles. The van der Waals surface area contributed by atoms with Crippen molar-refractivity contribution in [3.63, 3.8) is 0 Å². The average Bonchev–Trinajstić information content (AvgIpc) is 2.58. The summed E-state index contributed by atoms with van der Waals surface area (Å²) in [6.07, 6.45) is -2.61. The van der Waals surface area contributed by atoms with Gasteiger partial charge in [0.2, 0.25) is 0 Å². The molecule has 25 heavy (non-hydrogen) atoms. The fourth-order valence-electron chi connectivity index (χ4n) is 3.11. The Labute approximate surface area is 150 Å². The predicted molar refractivity (Wildman–Crippen MR) is 94.8 cm³/mol. The third-order valence-corrected chi connectivity index (χ3v) is 4.82. The van der Waals surface area contributed by atoms with Gasteiger partial charge in [-0.1, -0.05) is 41.9 Å². The van der Waals surface area contributed by atoms with E-state index in [9.17, 15) is 13.2 Å². The number of rotatable bonds is 4. The van der Waals surface area contributed by atoms with Crippen LogP contribution in [0, 0.1) is 0 Å². The van der Waals surface area contributed by atoms with Gasteiger partial charge in [0.1, 0.15) is 0 Å². The molecule has 2 nitrogen and oxygen atoms in total. The Kier molecular flexibility index (Phi) is 5.54. The fourth-order valence-corrected chi connectivity index (χ4v) is 3.28. The van der Waals surface area contributed by atoms with Gasteiger partial charge in [0, 0.05) is 25.7 Å². The van der Waals surface area contributed by atoms with Crippen LogP contribution in [-0.4, -0.2) is 24.0 Å². The van der Waals surface area contributed by atoms with E-state index in [0.717, 1.165) is 44.6 Å². The van der Waals surface area contributed by atoms with Crippen molar-refractivity contribution in [3.8, 4) is 0 Å². The molecule has 1 saturated heterocycles. The normalized spacial score (nSPS) is 16.8. The molecule has 2 aromatic rings. The lowest BCUT2D eigenvalue weighted by Crippen LogP contribution is -2.38. The number of benzene rings is 2. The van der Waals surface area contributed by atoms with Crippen LogP contribution in [0.4, 0.5) is 18.9 Å². The molecule has 2 aromatic carbocycles. The van der Waals surface area contributed by atoms with Gasteiger partial charge in [0.15, 0.2) is 0 Å². The highest BCUT2D eigenvalue weighted by molar-refractivity contribution is 6.33. The first-order chi connectivity index (χ1) is 11.9. The molecule has 1 aliphatic rings. The summed E-state index contributed by atoms with van der Waals surface area (Å²) in [5, 5.41) is 3.51. The summed E-state index contributed by atoms with van der Waals surface area (Å²) in [4.78, 5) is 2.36. The molecule has 0 bridgehead atoms. The second-order valence-corrected chi connectivity index (χ2v) is 6.78.